The van der Waals surface area contributed by atoms with Gasteiger partial charge in [-0.25, -0.2) is 4.79 Å². The molecule has 1 saturated heterocycles. The Hall–Kier alpha value is -4.54. The van der Waals surface area contributed by atoms with Gasteiger partial charge in [0.05, 0.1) is 17.4 Å². The monoisotopic (exact) mass is 852 g/mol. The molecule has 1 fully saturated rings. The van der Waals surface area contributed by atoms with Gasteiger partial charge in [-0.3, -0.25) is 39.0 Å². The number of ketones is 1. The van der Waals surface area contributed by atoms with Gasteiger partial charge in [-0.2, -0.15) is 13.2 Å². The Morgan fingerprint density at radius 2 is 1.45 bits per heavy atom. The Bertz CT molecular complexity index is 1620. The van der Waals surface area contributed by atoms with Crippen molar-refractivity contribution in [2.75, 3.05) is 19.6 Å². The van der Waals surface area contributed by atoms with Crippen molar-refractivity contribution >= 4 is 41.4 Å². The Kier molecular flexibility index (Phi) is 20.2. The zero-order valence-corrected chi connectivity index (χ0v) is 36.5. The van der Waals surface area contributed by atoms with Crippen molar-refractivity contribution < 1.29 is 51.5 Å². The molecule has 1 heterocycles. The molecule has 0 aromatic heterocycles. The van der Waals surface area contributed by atoms with Crippen LogP contribution in [0.5, 0.6) is 0 Å². The molecule has 17 heteroatoms. The Balaban J connectivity index is 1.95. The van der Waals surface area contributed by atoms with E-state index in [-0.39, 0.29) is 100 Å². The van der Waals surface area contributed by atoms with E-state index in [9.17, 15) is 46.7 Å². The predicted octanol–water partition coefficient (Wildman–Crippen LogP) is 5.24. The first-order chi connectivity index (χ1) is 27.8. The summed E-state index contributed by atoms with van der Waals surface area (Å²) in [7, 11) is 0. The standard InChI is InChI=1S/C43H67F3N6O8/c1-27(2)35(51-33(43(44,45)46)16-10-9-11-23-52-34(54)25-31(38(52)57)41(3,4)5)37(56)50-32(15-13-22-49-40(47)59)36(55)48-21-12-14-30(53)24-28-17-19-29(20-18-28)26-60-39(58)42(6,7)8/h17-20,27,31-33,35,51H,9-16,21-26H2,1-8H3,(H,48,55)(H,50,56)(H3,47,49,59). The lowest BCUT2D eigenvalue weighted by molar-refractivity contribution is -0.162. The van der Waals surface area contributed by atoms with Gasteiger partial charge in [0.1, 0.15) is 24.5 Å². The lowest BCUT2D eigenvalue weighted by Crippen LogP contribution is -2.58. The van der Waals surface area contributed by atoms with Crippen LogP contribution in [-0.2, 0) is 46.5 Å². The summed E-state index contributed by atoms with van der Waals surface area (Å²) in [6.45, 7) is 14.5. The molecule has 14 nitrogen and oxygen atoms in total. The number of nitrogens with zero attached hydrogens (tertiary/aromatic N) is 1. The van der Waals surface area contributed by atoms with E-state index in [2.05, 4.69) is 21.3 Å². The van der Waals surface area contributed by atoms with Gasteiger partial charge < -0.3 is 26.4 Å². The number of hydrogen-bond donors (Lipinski definition) is 5. The van der Waals surface area contributed by atoms with Crippen molar-refractivity contribution in [2.45, 2.75) is 151 Å². The number of urea groups is 1. The number of primary amides is 1. The van der Waals surface area contributed by atoms with E-state index in [0.29, 0.717) is 19.3 Å². The lowest BCUT2D eigenvalue weighted by Gasteiger charge is -2.30. The van der Waals surface area contributed by atoms with Crippen molar-refractivity contribution in [3.63, 3.8) is 0 Å². The molecule has 0 aliphatic carbocycles. The van der Waals surface area contributed by atoms with Crippen LogP contribution in [0.25, 0.3) is 0 Å². The van der Waals surface area contributed by atoms with Crippen LogP contribution in [0.1, 0.15) is 124 Å². The van der Waals surface area contributed by atoms with E-state index in [1.165, 1.54) is 4.90 Å². The molecule has 1 aliphatic rings. The number of halogens is 3. The number of carbonyl (C=O) groups excluding carboxylic acids is 7. The summed E-state index contributed by atoms with van der Waals surface area (Å²) in [6, 6.07) is 1.81. The number of esters is 1. The third-order valence-electron chi connectivity index (χ3n) is 10.3. The van der Waals surface area contributed by atoms with E-state index >= 15 is 0 Å². The first kappa shape index (κ1) is 51.6. The number of Topliss-reactive ketones (excluding diaryl/α,β-unsaturated/α-hetero) is 1. The second-order valence-electron chi connectivity index (χ2n) is 18.1. The topological polar surface area (TPSA) is 206 Å². The molecule has 0 saturated carbocycles. The van der Waals surface area contributed by atoms with Gasteiger partial charge in [0.25, 0.3) is 0 Å². The fourth-order valence-electron chi connectivity index (χ4n) is 6.62. The summed E-state index contributed by atoms with van der Waals surface area (Å²) in [5, 5.41) is 10.2. The molecule has 1 aromatic rings. The predicted molar refractivity (Wildman–Crippen MR) is 220 cm³/mol. The normalized spacial score (nSPS) is 16.3. The van der Waals surface area contributed by atoms with E-state index in [1.807, 2.05) is 20.8 Å². The van der Waals surface area contributed by atoms with Gasteiger partial charge in [-0.15, -0.1) is 0 Å². The van der Waals surface area contributed by atoms with Crippen molar-refractivity contribution in [3.8, 4) is 0 Å². The summed E-state index contributed by atoms with van der Waals surface area (Å²) < 4.78 is 48.2. The fourth-order valence-corrected chi connectivity index (χ4v) is 6.62. The Morgan fingerprint density at radius 3 is 2.00 bits per heavy atom. The number of nitrogens with two attached hydrogens (primary N) is 1. The molecular weight excluding hydrogens is 786 g/mol. The van der Waals surface area contributed by atoms with Gasteiger partial charge in [0.15, 0.2) is 0 Å². The lowest BCUT2D eigenvalue weighted by atomic mass is 9.80. The van der Waals surface area contributed by atoms with Crippen LogP contribution in [0.15, 0.2) is 24.3 Å². The van der Waals surface area contributed by atoms with E-state index < -0.39 is 59.4 Å². The molecule has 338 valence electrons. The summed E-state index contributed by atoms with van der Waals surface area (Å²) >= 11 is 0. The molecule has 4 atom stereocenters. The third kappa shape index (κ3) is 18.0. The van der Waals surface area contributed by atoms with Crippen LogP contribution >= 0.6 is 0 Å². The average molecular weight is 853 g/mol. The number of amides is 6. The number of benzene rings is 1. The maximum Gasteiger partial charge on any atom is 0.403 e. The van der Waals surface area contributed by atoms with Crippen LogP contribution in [0.3, 0.4) is 0 Å². The highest BCUT2D eigenvalue weighted by Gasteiger charge is 2.45. The van der Waals surface area contributed by atoms with Crippen molar-refractivity contribution in [1.29, 1.82) is 0 Å². The van der Waals surface area contributed by atoms with E-state index in [4.69, 9.17) is 10.5 Å². The highest BCUT2D eigenvalue weighted by atomic mass is 19.4. The van der Waals surface area contributed by atoms with Gasteiger partial charge in [-0.05, 0) is 75.3 Å². The third-order valence-corrected chi connectivity index (χ3v) is 10.3. The smallest absolute Gasteiger partial charge is 0.403 e. The Labute approximate surface area is 352 Å². The summed E-state index contributed by atoms with van der Waals surface area (Å²) in [5.74, 6) is -3.38. The van der Waals surface area contributed by atoms with Gasteiger partial charge in [0, 0.05) is 38.9 Å². The number of hydrogen-bond acceptors (Lipinski definition) is 9. The van der Waals surface area contributed by atoms with Crippen molar-refractivity contribution in [3.05, 3.63) is 35.4 Å². The van der Waals surface area contributed by atoms with Crippen LogP contribution in [0.2, 0.25) is 0 Å². The molecule has 0 spiro atoms. The zero-order valence-electron chi connectivity index (χ0n) is 36.5. The molecule has 60 heavy (non-hydrogen) atoms. The molecule has 0 radical (unpaired) electrons. The summed E-state index contributed by atoms with van der Waals surface area (Å²) in [5.41, 5.74) is 5.68. The second-order valence-corrected chi connectivity index (χ2v) is 18.1. The molecule has 1 aliphatic heterocycles. The number of likely N-dealkylation sites (tertiary alicyclic amines) is 1. The fraction of sp³-hybridized carbons (Fsp3) is 0.698. The van der Waals surface area contributed by atoms with E-state index in [1.54, 1.807) is 58.9 Å². The minimum absolute atomic E-state index is 0.0359. The molecule has 1 aromatic carbocycles. The summed E-state index contributed by atoms with van der Waals surface area (Å²) in [6.07, 6.45) is -3.30. The SMILES string of the molecule is CC(C)C(NC(CCCCCN1C(=O)CC(C(C)(C)C)C1=O)C(F)(F)F)C(=O)NC(CCCNC(N)=O)C(=O)NCCCC(=O)Cc1ccc(COC(=O)C(C)(C)C)cc1. The highest BCUT2D eigenvalue weighted by molar-refractivity contribution is 6.03. The summed E-state index contributed by atoms with van der Waals surface area (Å²) in [4.78, 5) is 89.2. The van der Waals surface area contributed by atoms with Crippen LogP contribution in [-0.4, -0.2) is 90.2 Å². The van der Waals surface area contributed by atoms with Gasteiger partial charge >= 0.3 is 18.2 Å². The maximum atomic E-state index is 14.3. The molecule has 0 bridgehead atoms. The zero-order chi connectivity index (χ0) is 45.4. The van der Waals surface area contributed by atoms with Crippen LogP contribution in [0, 0.1) is 22.7 Å². The number of rotatable bonds is 24. The molecule has 2 rings (SSSR count). The molecule has 4 unspecified atom stereocenters. The number of carbonyl (C=O) groups is 7. The highest BCUT2D eigenvalue weighted by Crippen LogP contribution is 2.35. The minimum Gasteiger partial charge on any atom is -0.460 e. The first-order valence-electron chi connectivity index (χ1n) is 20.9. The van der Waals surface area contributed by atoms with Gasteiger partial charge in [-0.1, -0.05) is 71.7 Å². The maximum absolute atomic E-state index is 14.3. The van der Waals surface area contributed by atoms with Gasteiger partial charge in [0.2, 0.25) is 23.6 Å². The van der Waals surface area contributed by atoms with E-state index in [0.717, 1.165) is 11.1 Å². The molecule has 6 amide bonds. The molecule has 6 N–H and O–H groups in total. The first-order valence-corrected chi connectivity index (χ1v) is 20.9. The quantitative estimate of drug-likeness (QED) is 0.0523. The average Bonchev–Trinajstić information content (AvgIpc) is 3.43. The Morgan fingerprint density at radius 1 is 0.833 bits per heavy atom. The number of nitrogens with one attached hydrogen (secondary N) is 4. The number of imide groups is 1. The van der Waals surface area contributed by atoms with Crippen LogP contribution < -0.4 is 27.0 Å². The second kappa shape index (κ2) is 23.5. The largest absolute Gasteiger partial charge is 0.460 e. The number of alkyl halides is 3. The van der Waals surface area contributed by atoms with Crippen LogP contribution in [0.4, 0.5) is 18.0 Å². The van der Waals surface area contributed by atoms with Crippen molar-refractivity contribution in [2.24, 2.45) is 28.4 Å². The molecular formula is C43H67F3N6O8. The number of unbranched alkanes of at least 4 members (excludes halogenated alkanes) is 2. The number of ether oxygens (including phenoxy) is 1. The van der Waals surface area contributed by atoms with Crippen molar-refractivity contribution in [1.82, 2.24) is 26.2 Å². The minimum atomic E-state index is -4.70.